The summed E-state index contributed by atoms with van der Waals surface area (Å²) in [4.78, 5) is 20.9. The van der Waals surface area contributed by atoms with E-state index in [-0.39, 0.29) is 0 Å². The van der Waals surface area contributed by atoms with Crippen LogP contribution < -0.4 is 11.1 Å². The Balaban J connectivity index is 3.29. The molecule has 0 spiro atoms. The van der Waals surface area contributed by atoms with Gasteiger partial charge in [0.2, 0.25) is 0 Å². The second-order valence-corrected chi connectivity index (χ2v) is 10.7. The van der Waals surface area contributed by atoms with E-state index in [0.29, 0.717) is 18.9 Å². The van der Waals surface area contributed by atoms with Crippen molar-refractivity contribution < 1.29 is 19.8 Å². The topological polar surface area (TPSA) is 113 Å². The third-order valence-electron chi connectivity index (χ3n) is 7.23. The predicted molar refractivity (Wildman–Crippen MR) is 152 cm³/mol. The third-order valence-corrected chi connectivity index (χ3v) is 7.23. The van der Waals surface area contributed by atoms with Crippen LogP contribution in [-0.4, -0.2) is 41.3 Å². The van der Waals surface area contributed by atoms with Crippen molar-refractivity contribution in [1.29, 1.82) is 0 Å². The fourth-order valence-corrected chi connectivity index (χ4v) is 4.86. The van der Waals surface area contributed by atoms with Crippen LogP contribution in [0.2, 0.25) is 0 Å². The Bertz CT molecular complexity index is 488. The Kier molecular flexibility index (Phi) is 27.5. The lowest BCUT2D eigenvalue weighted by atomic mass is 10.0. The third kappa shape index (κ3) is 29.1. The van der Waals surface area contributed by atoms with E-state index in [1.165, 1.54) is 122 Å². The number of nitrogens with one attached hydrogen (secondary N) is 1. The van der Waals surface area contributed by atoms with Gasteiger partial charge in [-0.15, -0.1) is 0 Å². The molecule has 0 rings (SSSR count). The summed E-state index contributed by atoms with van der Waals surface area (Å²) in [5.74, 6) is -1.34. The van der Waals surface area contributed by atoms with Gasteiger partial charge in [0.15, 0.2) is 0 Å². The molecule has 0 aromatic carbocycles. The maximum atomic E-state index is 10.5. The van der Waals surface area contributed by atoms with Crippen molar-refractivity contribution >= 4 is 11.9 Å². The van der Waals surface area contributed by atoms with Gasteiger partial charge in [0.1, 0.15) is 0 Å². The average molecular weight is 513 g/mol. The summed E-state index contributed by atoms with van der Waals surface area (Å²) < 4.78 is 0. The minimum Gasteiger partial charge on any atom is -0.481 e. The fraction of sp³-hybridized carbons (Fsp3) is 0.933. The van der Waals surface area contributed by atoms with Gasteiger partial charge in [-0.05, 0) is 32.2 Å². The summed E-state index contributed by atoms with van der Waals surface area (Å²) in [5.41, 5.74) is 5.97. The molecule has 5 N–H and O–H groups in total. The van der Waals surface area contributed by atoms with Gasteiger partial charge in [-0.25, -0.2) is 0 Å². The molecule has 0 saturated heterocycles. The van der Waals surface area contributed by atoms with Crippen LogP contribution in [0.15, 0.2) is 0 Å². The van der Waals surface area contributed by atoms with Crippen LogP contribution in [-0.2, 0) is 9.59 Å². The summed E-state index contributed by atoms with van der Waals surface area (Å²) in [7, 11) is 0. The van der Waals surface area contributed by atoms with Gasteiger partial charge >= 0.3 is 11.9 Å². The van der Waals surface area contributed by atoms with E-state index in [0.717, 1.165) is 38.8 Å². The maximum absolute atomic E-state index is 10.5. The zero-order valence-electron chi connectivity index (χ0n) is 23.5. The SMILES string of the molecule is NCC(CCCCCCCCCCCCCC(=O)O)NCCCCCCCCCCCCCC(=O)O. The highest BCUT2D eigenvalue weighted by atomic mass is 16.4. The average Bonchev–Trinajstić information content (AvgIpc) is 2.85. The molecule has 0 aliphatic rings. The molecule has 6 nitrogen and oxygen atoms in total. The standard InChI is InChI=1S/C30H60N2O4/c31-27-28(23-19-15-11-7-3-1-4-8-12-16-20-24-29(33)34)32-26-22-18-14-10-6-2-5-9-13-17-21-25-30(35)36/h28,32H,1-27,31H2,(H,33,34)(H,35,36). The van der Waals surface area contributed by atoms with E-state index in [9.17, 15) is 9.59 Å². The number of aliphatic carboxylic acids is 2. The lowest BCUT2D eigenvalue weighted by Crippen LogP contribution is -2.36. The molecule has 6 heteroatoms. The monoisotopic (exact) mass is 512 g/mol. The zero-order valence-corrected chi connectivity index (χ0v) is 23.5. The number of rotatable bonds is 30. The number of carboxylic acids is 2. The van der Waals surface area contributed by atoms with Gasteiger partial charge in [0.25, 0.3) is 0 Å². The van der Waals surface area contributed by atoms with Gasteiger partial charge in [0.05, 0.1) is 0 Å². The van der Waals surface area contributed by atoms with Crippen molar-refractivity contribution in [2.24, 2.45) is 5.73 Å². The van der Waals surface area contributed by atoms with Crippen molar-refractivity contribution in [3.63, 3.8) is 0 Å². The summed E-state index contributed by atoms with van der Waals surface area (Å²) in [6.45, 7) is 1.83. The molecular formula is C30H60N2O4. The first-order valence-electron chi connectivity index (χ1n) is 15.4. The molecule has 0 bridgehead atoms. The van der Waals surface area contributed by atoms with Crippen molar-refractivity contribution in [1.82, 2.24) is 5.32 Å². The smallest absolute Gasteiger partial charge is 0.303 e. The number of unbranched alkanes of at least 4 members (excludes halogenated alkanes) is 20. The van der Waals surface area contributed by atoms with E-state index in [1.807, 2.05) is 0 Å². The van der Waals surface area contributed by atoms with Gasteiger partial charge in [-0.2, -0.15) is 0 Å². The predicted octanol–water partition coefficient (Wildman–Crippen LogP) is 7.83. The largest absolute Gasteiger partial charge is 0.481 e. The minimum absolute atomic E-state index is 0.323. The Morgan fingerprint density at radius 1 is 0.500 bits per heavy atom. The molecule has 0 amide bonds. The van der Waals surface area contributed by atoms with Crippen molar-refractivity contribution in [2.45, 2.75) is 167 Å². The van der Waals surface area contributed by atoms with Crippen molar-refractivity contribution in [2.75, 3.05) is 13.1 Å². The van der Waals surface area contributed by atoms with Gasteiger partial charge < -0.3 is 21.3 Å². The van der Waals surface area contributed by atoms with Gasteiger partial charge in [-0.3, -0.25) is 9.59 Å². The number of hydrogen-bond acceptors (Lipinski definition) is 4. The Morgan fingerprint density at radius 3 is 1.14 bits per heavy atom. The minimum atomic E-state index is -0.669. The Hall–Kier alpha value is -1.14. The lowest BCUT2D eigenvalue weighted by Gasteiger charge is -2.16. The zero-order chi connectivity index (χ0) is 26.5. The quantitative estimate of drug-likeness (QED) is 0.0729. The molecule has 0 aliphatic carbocycles. The molecule has 214 valence electrons. The summed E-state index contributed by atoms with van der Waals surface area (Å²) in [6.07, 6.45) is 28.9. The Labute approximate surface area is 222 Å². The highest BCUT2D eigenvalue weighted by molar-refractivity contribution is 5.66. The molecule has 0 aliphatic heterocycles. The number of carboxylic acid groups (broad SMARTS) is 2. The summed E-state index contributed by atoms with van der Waals surface area (Å²) in [6, 6.07) is 0.474. The van der Waals surface area contributed by atoms with E-state index in [1.54, 1.807) is 0 Å². The molecule has 0 saturated carbocycles. The normalized spacial score (nSPS) is 12.1. The number of nitrogens with two attached hydrogens (primary N) is 1. The molecule has 36 heavy (non-hydrogen) atoms. The second kappa shape index (κ2) is 28.4. The van der Waals surface area contributed by atoms with Crippen LogP contribution in [0.4, 0.5) is 0 Å². The summed E-state index contributed by atoms with van der Waals surface area (Å²) >= 11 is 0. The number of hydrogen-bond donors (Lipinski definition) is 4. The molecule has 0 radical (unpaired) electrons. The van der Waals surface area contributed by atoms with Crippen LogP contribution in [0.25, 0.3) is 0 Å². The van der Waals surface area contributed by atoms with Crippen LogP contribution >= 0.6 is 0 Å². The van der Waals surface area contributed by atoms with Crippen molar-refractivity contribution in [3.8, 4) is 0 Å². The summed E-state index contributed by atoms with van der Waals surface area (Å²) in [5, 5.41) is 20.9. The van der Waals surface area contributed by atoms with Gasteiger partial charge in [-0.1, -0.05) is 122 Å². The molecule has 1 unspecified atom stereocenters. The van der Waals surface area contributed by atoms with E-state index in [4.69, 9.17) is 15.9 Å². The van der Waals surface area contributed by atoms with Gasteiger partial charge in [0, 0.05) is 25.4 Å². The molecular weight excluding hydrogens is 452 g/mol. The van der Waals surface area contributed by atoms with Crippen molar-refractivity contribution in [3.05, 3.63) is 0 Å². The molecule has 0 aromatic heterocycles. The maximum Gasteiger partial charge on any atom is 0.303 e. The Morgan fingerprint density at radius 2 is 0.806 bits per heavy atom. The first-order chi connectivity index (χ1) is 17.6. The van der Waals surface area contributed by atoms with Crippen LogP contribution in [0.1, 0.15) is 161 Å². The first-order valence-corrected chi connectivity index (χ1v) is 15.4. The highest BCUT2D eigenvalue weighted by Crippen LogP contribution is 2.14. The molecule has 0 fully saturated rings. The fourth-order valence-electron chi connectivity index (χ4n) is 4.86. The van der Waals surface area contributed by atoms with Crippen LogP contribution in [0.5, 0.6) is 0 Å². The number of carbonyl (C=O) groups is 2. The van der Waals surface area contributed by atoms with E-state index >= 15 is 0 Å². The highest BCUT2D eigenvalue weighted by Gasteiger charge is 2.05. The van der Waals surface area contributed by atoms with Crippen LogP contribution in [0.3, 0.4) is 0 Å². The lowest BCUT2D eigenvalue weighted by molar-refractivity contribution is -0.138. The van der Waals surface area contributed by atoms with E-state index in [2.05, 4.69) is 5.32 Å². The second-order valence-electron chi connectivity index (χ2n) is 10.7. The molecule has 1 atom stereocenters. The first kappa shape index (κ1) is 34.9. The van der Waals surface area contributed by atoms with Crippen LogP contribution in [0, 0.1) is 0 Å². The molecule has 0 heterocycles. The van der Waals surface area contributed by atoms with E-state index < -0.39 is 11.9 Å². The molecule has 0 aromatic rings.